The maximum absolute atomic E-state index is 13.7. The van der Waals surface area contributed by atoms with Crippen molar-refractivity contribution in [1.82, 2.24) is 4.98 Å². The molecule has 0 saturated heterocycles. The summed E-state index contributed by atoms with van der Waals surface area (Å²) in [6.07, 6.45) is 1.25. The van der Waals surface area contributed by atoms with Gasteiger partial charge in [0, 0.05) is 0 Å². The Balaban J connectivity index is 2.33. The summed E-state index contributed by atoms with van der Waals surface area (Å²) < 4.78 is 18.6. The number of aromatic nitrogens is 1. The zero-order valence-corrected chi connectivity index (χ0v) is 12.1. The molecule has 1 aromatic heterocycles. The number of halogens is 2. The van der Waals surface area contributed by atoms with Crippen LogP contribution in [0.3, 0.4) is 0 Å². The van der Waals surface area contributed by atoms with E-state index in [9.17, 15) is 14.0 Å². The van der Waals surface area contributed by atoms with Crippen LogP contribution in [0.25, 0.3) is 0 Å². The number of nitrogens with zero attached hydrogens (tertiary/aromatic N) is 1. The molecule has 8 heteroatoms. The summed E-state index contributed by atoms with van der Waals surface area (Å²) in [7, 11) is 1.33. The second-order valence-electron chi connectivity index (χ2n) is 4.20. The third-order valence-corrected chi connectivity index (χ3v) is 3.07. The number of pyridine rings is 1. The molecule has 0 unspecified atom stereocenters. The lowest BCUT2D eigenvalue weighted by atomic mass is 10.2. The fraction of sp³-hybridized carbons (Fsp3) is 0.0714. The van der Waals surface area contributed by atoms with E-state index in [1.165, 1.54) is 31.5 Å². The van der Waals surface area contributed by atoms with Gasteiger partial charge in [0.2, 0.25) is 5.88 Å². The molecule has 0 aliphatic rings. The molecule has 0 atom stereocenters. The number of benzene rings is 1. The van der Waals surface area contributed by atoms with Gasteiger partial charge in [-0.05, 0) is 18.2 Å². The number of nitrogens with two attached hydrogens (primary N) is 1. The number of primary amides is 1. The minimum atomic E-state index is -0.774. The Morgan fingerprint density at radius 3 is 2.73 bits per heavy atom. The molecule has 0 spiro atoms. The molecule has 2 rings (SSSR count). The van der Waals surface area contributed by atoms with Crippen molar-refractivity contribution in [2.24, 2.45) is 5.73 Å². The van der Waals surface area contributed by atoms with Crippen molar-refractivity contribution >= 4 is 29.1 Å². The van der Waals surface area contributed by atoms with Crippen molar-refractivity contribution < 1.29 is 18.7 Å². The van der Waals surface area contributed by atoms with Gasteiger partial charge in [0.05, 0.1) is 29.6 Å². The molecular weight excluding hydrogens is 313 g/mol. The van der Waals surface area contributed by atoms with Gasteiger partial charge < -0.3 is 15.8 Å². The average molecular weight is 324 g/mol. The third-order valence-electron chi connectivity index (χ3n) is 2.76. The number of carbonyl (C=O) groups excluding carboxylic acids is 2. The highest BCUT2D eigenvalue weighted by atomic mass is 35.5. The van der Waals surface area contributed by atoms with E-state index in [4.69, 9.17) is 22.1 Å². The summed E-state index contributed by atoms with van der Waals surface area (Å²) in [6.45, 7) is 0. The van der Waals surface area contributed by atoms with Crippen LogP contribution in [-0.4, -0.2) is 23.9 Å². The highest BCUT2D eigenvalue weighted by Gasteiger charge is 2.17. The quantitative estimate of drug-likeness (QED) is 0.902. The zero-order valence-electron chi connectivity index (χ0n) is 11.4. The first-order valence-electron chi connectivity index (χ1n) is 6.03. The van der Waals surface area contributed by atoms with Crippen molar-refractivity contribution in [3.8, 4) is 5.88 Å². The fourth-order valence-electron chi connectivity index (χ4n) is 1.77. The Bertz CT molecular complexity index is 732. The fourth-order valence-corrected chi connectivity index (χ4v) is 2.02. The molecule has 114 valence electrons. The van der Waals surface area contributed by atoms with Crippen LogP contribution in [0, 0.1) is 5.82 Å². The van der Waals surface area contributed by atoms with Gasteiger partial charge in [-0.2, -0.15) is 0 Å². The van der Waals surface area contributed by atoms with E-state index >= 15 is 0 Å². The van der Waals surface area contributed by atoms with E-state index in [1.54, 1.807) is 0 Å². The lowest BCUT2D eigenvalue weighted by molar-refractivity contribution is 0.0992. The summed E-state index contributed by atoms with van der Waals surface area (Å²) in [4.78, 5) is 27.2. The first-order chi connectivity index (χ1) is 10.4. The topological polar surface area (TPSA) is 94.3 Å². The summed E-state index contributed by atoms with van der Waals surface area (Å²) in [5.41, 5.74) is 5.03. The number of anilines is 1. The molecule has 0 radical (unpaired) electrons. The van der Waals surface area contributed by atoms with Gasteiger partial charge in [-0.3, -0.25) is 9.59 Å². The first-order valence-corrected chi connectivity index (χ1v) is 6.41. The van der Waals surface area contributed by atoms with Gasteiger partial charge in [0.25, 0.3) is 11.8 Å². The average Bonchev–Trinajstić information content (AvgIpc) is 2.46. The normalized spacial score (nSPS) is 10.1. The molecule has 6 nitrogen and oxygen atoms in total. The monoisotopic (exact) mass is 323 g/mol. The van der Waals surface area contributed by atoms with Crippen LogP contribution in [0.4, 0.5) is 10.1 Å². The Hall–Kier alpha value is -2.67. The minimum absolute atomic E-state index is 0.0140. The molecule has 2 aromatic rings. The molecule has 2 amide bonds. The Morgan fingerprint density at radius 1 is 1.41 bits per heavy atom. The standard InChI is InChI=1S/C14H11ClFN3O3/c1-22-14-8(12(17)20)5-7(6-18-14)19-13(21)11-9(15)3-2-4-10(11)16/h2-6H,1H3,(H2,17,20)(H,19,21). The molecule has 0 fully saturated rings. The summed E-state index contributed by atoms with van der Waals surface area (Å²) in [5.74, 6) is -2.29. The number of rotatable bonds is 4. The highest BCUT2D eigenvalue weighted by molar-refractivity contribution is 6.34. The molecule has 0 aliphatic heterocycles. The summed E-state index contributed by atoms with van der Waals surface area (Å²) >= 11 is 5.81. The van der Waals surface area contributed by atoms with Crippen LogP contribution in [0.15, 0.2) is 30.5 Å². The molecule has 22 heavy (non-hydrogen) atoms. The van der Waals surface area contributed by atoms with Gasteiger partial charge in [-0.15, -0.1) is 0 Å². The molecule has 0 aliphatic carbocycles. The van der Waals surface area contributed by atoms with Gasteiger partial charge in [-0.25, -0.2) is 9.37 Å². The number of hydrogen-bond donors (Lipinski definition) is 2. The second-order valence-corrected chi connectivity index (χ2v) is 4.60. The second kappa shape index (κ2) is 6.40. The number of amides is 2. The third kappa shape index (κ3) is 3.15. The molecule has 1 heterocycles. The van der Waals surface area contributed by atoms with Crippen molar-refractivity contribution in [1.29, 1.82) is 0 Å². The van der Waals surface area contributed by atoms with Crippen molar-refractivity contribution in [2.75, 3.05) is 12.4 Å². The smallest absolute Gasteiger partial charge is 0.260 e. The summed E-state index contributed by atoms with van der Waals surface area (Å²) in [5, 5.41) is 2.36. The van der Waals surface area contributed by atoms with Crippen LogP contribution in [0.1, 0.15) is 20.7 Å². The number of nitrogens with one attached hydrogen (secondary N) is 1. The predicted molar refractivity (Wildman–Crippen MR) is 78.7 cm³/mol. The Labute approximate surface area is 130 Å². The Kier molecular flexibility index (Phi) is 4.57. The number of ether oxygens (including phenoxy) is 1. The maximum Gasteiger partial charge on any atom is 0.260 e. The van der Waals surface area contributed by atoms with Crippen LogP contribution >= 0.6 is 11.6 Å². The lowest BCUT2D eigenvalue weighted by Gasteiger charge is -2.10. The van der Waals surface area contributed by atoms with Crippen LogP contribution in [-0.2, 0) is 0 Å². The van der Waals surface area contributed by atoms with Crippen molar-refractivity contribution in [2.45, 2.75) is 0 Å². The largest absolute Gasteiger partial charge is 0.480 e. The lowest BCUT2D eigenvalue weighted by Crippen LogP contribution is -2.17. The van der Waals surface area contributed by atoms with Crippen LogP contribution in [0.2, 0.25) is 5.02 Å². The van der Waals surface area contributed by atoms with Crippen molar-refractivity contribution in [3.05, 3.63) is 52.4 Å². The number of methoxy groups -OCH3 is 1. The minimum Gasteiger partial charge on any atom is -0.480 e. The SMILES string of the molecule is COc1ncc(NC(=O)c2c(F)cccc2Cl)cc1C(N)=O. The number of hydrogen-bond acceptors (Lipinski definition) is 4. The van der Waals surface area contributed by atoms with E-state index in [-0.39, 0.29) is 27.7 Å². The maximum atomic E-state index is 13.7. The number of carbonyl (C=O) groups is 2. The van der Waals surface area contributed by atoms with Gasteiger partial charge >= 0.3 is 0 Å². The molecule has 0 saturated carbocycles. The van der Waals surface area contributed by atoms with E-state index in [1.807, 2.05) is 0 Å². The Morgan fingerprint density at radius 2 is 2.14 bits per heavy atom. The first kappa shape index (κ1) is 15.7. The van der Waals surface area contributed by atoms with Crippen LogP contribution < -0.4 is 15.8 Å². The van der Waals surface area contributed by atoms with Crippen molar-refractivity contribution in [3.63, 3.8) is 0 Å². The van der Waals surface area contributed by atoms with E-state index < -0.39 is 17.6 Å². The molecule has 0 bridgehead atoms. The van der Waals surface area contributed by atoms with E-state index in [0.717, 1.165) is 6.07 Å². The van der Waals surface area contributed by atoms with Gasteiger partial charge in [0.15, 0.2) is 0 Å². The molecular formula is C14H11ClFN3O3. The molecule has 3 N–H and O–H groups in total. The van der Waals surface area contributed by atoms with Gasteiger partial charge in [-0.1, -0.05) is 17.7 Å². The predicted octanol–water partition coefficient (Wildman–Crippen LogP) is 2.23. The van der Waals surface area contributed by atoms with Crippen LogP contribution in [0.5, 0.6) is 5.88 Å². The summed E-state index contributed by atoms with van der Waals surface area (Å²) in [6, 6.07) is 5.16. The highest BCUT2D eigenvalue weighted by Crippen LogP contribution is 2.22. The van der Waals surface area contributed by atoms with Gasteiger partial charge in [0.1, 0.15) is 11.4 Å². The zero-order chi connectivity index (χ0) is 16.3. The molecule has 1 aromatic carbocycles. The van der Waals surface area contributed by atoms with E-state index in [2.05, 4.69) is 10.3 Å². The van der Waals surface area contributed by atoms with E-state index in [0.29, 0.717) is 0 Å².